The van der Waals surface area contributed by atoms with Crippen LogP contribution >= 0.6 is 11.6 Å². The molecule has 2 nitrogen and oxygen atoms in total. The zero-order chi connectivity index (χ0) is 17.5. The van der Waals surface area contributed by atoms with Crippen LogP contribution in [0.25, 0.3) is 0 Å². The number of benzene rings is 2. The van der Waals surface area contributed by atoms with Gasteiger partial charge in [-0.15, -0.1) is 0 Å². The van der Waals surface area contributed by atoms with Gasteiger partial charge in [-0.2, -0.15) is 13.2 Å². The van der Waals surface area contributed by atoms with Crippen molar-refractivity contribution in [2.75, 3.05) is 0 Å². The fraction of sp³-hybridized carbons (Fsp3) is 0.278. The molecule has 0 saturated heterocycles. The van der Waals surface area contributed by atoms with E-state index in [-0.39, 0.29) is 23.7 Å². The first kappa shape index (κ1) is 16.8. The second-order valence-corrected chi connectivity index (χ2v) is 6.25. The molecule has 2 aromatic carbocycles. The summed E-state index contributed by atoms with van der Waals surface area (Å²) in [6.07, 6.45) is -3.70. The number of hydrogen-bond acceptors (Lipinski definition) is 1. The summed E-state index contributed by atoms with van der Waals surface area (Å²) in [5.74, 6) is -0.603. The molecular weight excluding hydrogens is 339 g/mol. The van der Waals surface area contributed by atoms with Gasteiger partial charge in [-0.05, 0) is 35.2 Å². The lowest BCUT2D eigenvalue weighted by molar-refractivity contribution is -0.137. The van der Waals surface area contributed by atoms with E-state index in [0.29, 0.717) is 5.56 Å². The second-order valence-electron chi connectivity index (χ2n) is 5.82. The summed E-state index contributed by atoms with van der Waals surface area (Å²) in [5, 5.41) is -0.0111. The highest BCUT2D eigenvalue weighted by molar-refractivity contribution is 6.31. The predicted octanol–water partition coefficient (Wildman–Crippen LogP) is 5.08. The summed E-state index contributed by atoms with van der Waals surface area (Å²) in [6.45, 7) is 2.44. The molecule has 0 saturated carbocycles. The smallest absolute Gasteiger partial charge is 0.330 e. The van der Waals surface area contributed by atoms with E-state index in [1.807, 2.05) is 31.2 Å². The van der Waals surface area contributed by atoms with E-state index in [1.54, 1.807) is 0 Å². The first-order valence-corrected chi connectivity index (χ1v) is 7.94. The van der Waals surface area contributed by atoms with Crippen molar-refractivity contribution in [3.05, 3.63) is 69.2 Å². The lowest BCUT2D eigenvalue weighted by Gasteiger charge is -2.16. The molecule has 2 aromatic rings. The molecule has 0 aromatic heterocycles. The average Bonchev–Trinajstić information content (AvgIpc) is 2.82. The Morgan fingerprint density at radius 1 is 1.12 bits per heavy atom. The highest BCUT2D eigenvalue weighted by Crippen LogP contribution is 2.39. The van der Waals surface area contributed by atoms with Crippen molar-refractivity contribution < 1.29 is 18.0 Å². The molecule has 0 aliphatic carbocycles. The Balaban J connectivity index is 1.90. The number of aryl methyl sites for hydroxylation is 1. The van der Waals surface area contributed by atoms with Crippen LogP contribution in [-0.2, 0) is 25.7 Å². The van der Waals surface area contributed by atoms with Crippen molar-refractivity contribution in [3.63, 3.8) is 0 Å². The molecule has 6 heteroatoms. The fourth-order valence-corrected chi connectivity index (χ4v) is 3.17. The SMILES string of the molecule is CCc1ccc(CN2Cc3cc(Cl)cc(C(F)(F)F)c3C2=O)cc1. The van der Waals surface area contributed by atoms with Gasteiger partial charge in [-0.3, -0.25) is 4.79 Å². The van der Waals surface area contributed by atoms with Gasteiger partial charge in [0.15, 0.2) is 0 Å². The van der Waals surface area contributed by atoms with Gasteiger partial charge in [0.1, 0.15) is 0 Å². The van der Waals surface area contributed by atoms with Crippen molar-refractivity contribution in [3.8, 4) is 0 Å². The van der Waals surface area contributed by atoms with Crippen molar-refractivity contribution in [1.29, 1.82) is 0 Å². The molecule has 0 atom stereocenters. The van der Waals surface area contributed by atoms with E-state index >= 15 is 0 Å². The third-order valence-corrected chi connectivity index (χ3v) is 4.38. The van der Waals surface area contributed by atoms with Crippen molar-refractivity contribution in [2.45, 2.75) is 32.6 Å². The van der Waals surface area contributed by atoms with E-state index in [0.717, 1.165) is 18.1 Å². The number of hydrogen-bond donors (Lipinski definition) is 0. The van der Waals surface area contributed by atoms with Crippen LogP contribution in [0.1, 0.15) is 39.5 Å². The summed E-state index contributed by atoms with van der Waals surface area (Å²) in [7, 11) is 0. The largest absolute Gasteiger partial charge is 0.417 e. The van der Waals surface area contributed by atoms with Crippen molar-refractivity contribution in [2.24, 2.45) is 0 Å². The molecular formula is C18H15ClF3NO. The molecule has 126 valence electrons. The van der Waals surface area contributed by atoms with Crippen LogP contribution in [0.2, 0.25) is 5.02 Å². The minimum absolute atomic E-state index is 0.0111. The van der Waals surface area contributed by atoms with Crippen molar-refractivity contribution >= 4 is 17.5 Å². The molecule has 1 heterocycles. The average molecular weight is 354 g/mol. The van der Waals surface area contributed by atoms with Gasteiger partial charge in [0, 0.05) is 18.1 Å². The van der Waals surface area contributed by atoms with Gasteiger partial charge >= 0.3 is 6.18 Å². The standard InChI is InChI=1S/C18H15ClF3NO/c1-2-11-3-5-12(6-4-11)9-23-10-13-7-14(19)8-15(18(20,21)22)16(13)17(23)24/h3-8H,2,9-10H2,1H3. The first-order valence-electron chi connectivity index (χ1n) is 7.56. The van der Waals surface area contributed by atoms with Gasteiger partial charge in [-0.1, -0.05) is 42.8 Å². The third-order valence-electron chi connectivity index (χ3n) is 4.16. The fourth-order valence-electron chi connectivity index (χ4n) is 2.93. The second kappa shape index (κ2) is 6.13. The molecule has 1 amide bonds. The molecule has 1 aliphatic heterocycles. The van der Waals surface area contributed by atoms with E-state index < -0.39 is 17.6 Å². The van der Waals surface area contributed by atoms with Crippen LogP contribution in [0.4, 0.5) is 13.2 Å². The monoisotopic (exact) mass is 353 g/mol. The van der Waals surface area contributed by atoms with Gasteiger partial charge in [-0.25, -0.2) is 0 Å². The highest BCUT2D eigenvalue weighted by atomic mass is 35.5. The first-order chi connectivity index (χ1) is 11.3. The maximum absolute atomic E-state index is 13.2. The topological polar surface area (TPSA) is 20.3 Å². The molecule has 3 rings (SSSR count). The normalized spacial score (nSPS) is 14.2. The number of carbonyl (C=O) groups is 1. The van der Waals surface area contributed by atoms with E-state index in [2.05, 4.69) is 0 Å². The van der Waals surface area contributed by atoms with E-state index in [4.69, 9.17) is 11.6 Å². The van der Waals surface area contributed by atoms with Crippen molar-refractivity contribution in [1.82, 2.24) is 4.90 Å². The van der Waals surface area contributed by atoms with Gasteiger partial charge in [0.05, 0.1) is 11.1 Å². The van der Waals surface area contributed by atoms with Gasteiger partial charge in [0.25, 0.3) is 5.91 Å². The molecule has 0 fully saturated rings. The van der Waals surface area contributed by atoms with Crippen LogP contribution in [0.15, 0.2) is 36.4 Å². The minimum Gasteiger partial charge on any atom is -0.330 e. The lowest BCUT2D eigenvalue weighted by Crippen LogP contribution is -2.24. The molecule has 0 N–H and O–H groups in total. The highest BCUT2D eigenvalue weighted by Gasteiger charge is 2.41. The van der Waals surface area contributed by atoms with Crippen LogP contribution in [0, 0.1) is 0 Å². The molecule has 24 heavy (non-hydrogen) atoms. The number of fused-ring (bicyclic) bond motifs is 1. The Labute approximate surface area is 142 Å². The van der Waals surface area contributed by atoms with Crippen LogP contribution in [0.5, 0.6) is 0 Å². The number of rotatable bonds is 3. The Bertz CT molecular complexity index is 784. The quantitative estimate of drug-likeness (QED) is 0.753. The number of amides is 1. The summed E-state index contributed by atoms with van der Waals surface area (Å²) in [6, 6.07) is 9.96. The molecule has 0 radical (unpaired) electrons. The van der Waals surface area contributed by atoms with Crippen LogP contribution < -0.4 is 0 Å². The minimum atomic E-state index is -4.61. The van der Waals surface area contributed by atoms with E-state index in [9.17, 15) is 18.0 Å². The van der Waals surface area contributed by atoms with Crippen LogP contribution in [0.3, 0.4) is 0 Å². The molecule has 0 unspecified atom stereocenters. The maximum Gasteiger partial charge on any atom is 0.417 e. The summed E-state index contributed by atoms with van der Waals surface area (Å²) >= 11 is 5.79. The van der Waals surface area contributed by atoms with E-state index in [1.165, 1.54) is 16.5 Å². The molecule has 0 spiro atoms. The summed E-state index contributed by atoms with van der Waals surface area (Å²) in [4.78, 5) is 13.9. The predicted molar refractivity (Wildman–Crippen MR) is 85.9 cm³/mol. The Hall–Kier alpha value is -2.01. The Morgan fingerprint density at radius 3 is 2.33 bits per heavy atom. The third kappa shape index (κ3) is 3.13. The number of alkyl halides is 3. The van der Waals surface area contributed by atoms with Crippen LogP contribution in [-0.4, -0.2) is 10.8 Å². The van der Waals surface area contributed by atoms with Gasteiger partial charge in [0.2, 0.25) is 0 Å². The molecule has 1 aliphatic rings. The molecule has 0 bridgehead atoms. The number of carbonyl (C=O) groups excluding carboxylic acids is 1. The number of halogens is 4. The maximum atomic E-state index is 13.2. The van der Waals surface area contributed by atoms with Gasteiger partial charge < -0.3 is 4.90 Å². The number of nitrogens with zero attached hydrogens (tertiary/aromatic N) is 1. The lowest BCUT2D eigenvalue weighted by atomic mass is 10.0. The zero-order valence-corrected chi connectivity index (χ0v) is 13.7. The Kier molecular flexibility index (Phi) is 4.30. The summed E-state index contributed by atoms with van der Waals surface area (Å²) < 4.78 is 39.6. The Morgan fingerprint density at radius 2 is 1.75 bits per heavy atom. The summed E-state index contributed by atoms with van der Waals surface area (Å²) in [5.41, 5.74) is 1.13. The zero-order valence-electron chi connectivity index (χ0n) is 13.0.